The van der Waals surface area contributed by atoms with Crippen molar-refractivity contribution < 1.29 is 43.2 Å². The van der Waals surface area contributed by atoms with Crippen LogP contribution in [0.2, 0.25) is 0 Å². The van der Waals surface area contributed by atoms with Crippen molar-refractivity contribution in [3.05, 3.63) is 61.2 Å². The third kappa shape index (κ3) is 7.48. The van der Waals surface area contributed by atoms with Gasteiger partial charge in [-0.25, -0.2) is 4.79 Å². The lowest BCUT2D eigenvalue weighted by molar-refractivity contribution is -0.299. The van der Waals surface area contributed by atoms with Crippen LogP contribution in [0.25, 0.3) is 0 Å². The number of aliphatic hydroxyl groups is 1. The van der Waals surface area contributed by atoms with Gasteiger partial charge >= 0.3 is 17.9 Å². The Morgan fingerprint density at radius 2 is 1.49 bits per heavy atom. The number of benzene rings is 1. The summed E-state index contributed by atoms with van der Waals surface area (Å²) in [5, 5.41) is 9.97. The van der Waals surface area contributed by atoms with Crippen LogP contribution in [0.1, 0.15) is 37.0 Å². The zero-order valence-electron chi connectivity index (χ0n) is 20.3. The maximum absolute atomic E-state index is 12.9. The lowest BCUT2D eigenvalue weighted by Crippen LogP contribution is -2.63. The van der Waals surface area contributed by atoms with Crippen LogP contribution in [0.3, 0.4) is 0 Å². The minimum atomic E-state index is -1.31. The SMILES string of the molecule is C=CC[C@H](C)C(=O)O[C@@H]1[C@@H](OC(=O)c2ccccc2)[C@@H](OC)O[C@H](CO)[C@H]1OC(=O)[C@@H](C)CC=C. The van der Waals surface area contributed by atoms with Crippen molar-refractivity contribution in [1.29, 1.82) is 0 Å². The highest BCUT2D eigenvalue weighted by molar-refractivity contribution is 5.89. The Morgan fingerprint density at radius 3 is 1.97 bits per heavy atom. The molecule has 0 unspecified atom stereocenters. The van der Waals surface area contributed by atoms with Crippen LogP contribution in [0.15, 0.2) is 55.6 Å². The van der Waals surface area contributed by atoms with Gasteiger partial charge in [-0.15, -0.1) is 13.2 Å². The molecular weight excluding hydrogens is 456 g/mol. The predicted octanol–water partition coefficient (Wildman–Crippen LogP) is 2.82. The van der Waals surface area contributed by atoms with Crippen LogP contribution in [-0.2, 0) is 33.3 Å². The molecule has 0 spiro atoms. The Kier molecular flexibility index (Phi) is 11.1. The smallest absolute Gasteiger partial charge is 0.338 e. The third-order valence-corrected chi connectivity index (χ3v) is 5.61. The minimum Gasteiger partial charge on any atom is -0.455 e. The molecule has 1 aromatic carbocycles. The summed E-state index contributed by atoms with van der Waals surface area (Å²) in [5.41, 5.74) is 0.255. The van der Waals surface area contributed by atoms with Gasteiger partial charge in [-0.3, -0.25) is 9.59 Å². The average molecular weight is 491 g/mol. The van der Waals surface area contributed by atoms with Crippen LogP contribution in [0, 0.1) is 11.8 Å². The number of carbonyl (C=O) groups excluding carboxylic acids is 3. The van der Waals surface area contributed by atoms with Crippen LogP contribution in [-0.4, -0.2) is 67.4 Å². The van der Waals surface area contributed by atoms with E-state index in [-0.39, 0.29) is 5.56 Å². The van der Waals surface area contributed by atoms with Gasteiger partial charge in [0.2, 0.25) is 0 Å². The fourth-order valence-electron chi connectivity index (χ4n) is 3.58. The highest BCUT2D eigenvalue weighted by atomic mass is 16.7. The molecule has 7 atom stereocenters. The number of aliphatic hydroxyl groups excluding tert-OH is 1. The second-order valence-corrected chi connectivity index (χ2v) is 8.35. The largest absolute Gasteiger partial charge is 0.455 e. The van der Waals surface area contributed by atoms with Crippen LogP contribution < -0.4 is 0 Å². The standard InChI is InChI=1S/C26H34O9/c1-6-11-16(3)23(28)33-20-19(15-27)32-26(31-5)22(21(20)34-24(29)17(4)12-7-2)35-25(30)18-13-9-8-10-14-18/h6-10,13-14,16-17,19-22,26-27H,1-2,11-12,15H2,3-5H3/t16-,17-,19+,20+,21-,22+,26-/m0/s1. The summed E-state index contributed by atoms with van der Waals surface area (Å²) in [6.45, 7) is 9.99. The number of carbonyl (C=O) groups is 3. The lowest BCUT2D eigenvalue weighted by Gasteiger charge is -2.44. The van der Waals surface area contributed by atoms with E-state index in [9.17, 15) is 19.5 Å². The van der Waals surface area contributed by atoms with Crippen LogP contribution in [0.5, 0.6) is 0 Å². The van der Waals surface area contributed by atoms with Crippen LogP contribution in [0.4, 0.5) is 0 Å². The maximum Gasteiger partial charge on any atom is 0.338 e. The van der Waals surface area contributed by atoms with Gasteiger partial charge in [-0.05, 0) is 25.0 Å². The Labute approximate surface area is 205 Å². The molecule has 0 radical (unpaired) electrons. The van der Waals surface area contributed by atoms with Crippen molar-refractivity contribution in [3.8, 4) is 0 Å². The normalized spacial score (nSPS) is 25.5. The fraction of sp³-hybridized carbons (Fsp3) is 0.500. The molecule has 1 saturated heterocycles. The summed E-state index contributed by atoms with van der Waals surface area (Å²) in [5.74, 6) is -3.06. The topological polar surface area (TPSA) is 118 Å². The quantitative estimate of drug-likeness (QED) is 0.268. The molecule has 0 bridgehead atoms. The van der Waals surface area contributed by atoms with Gasteiger partial charge in [0.1, 0.15) is 6.10 Å². The number of ether oxygens (including phenoxy) is 5. The molecule has 0 aromatic heterocycles. The van der Waals surface area contributed by atoms with E-state index in [0.29, 0.717) is 12.8 Å². The minimum absolute atomic E-state index is 0.255. The van der Waals surface area contributed by atoms with E-state index in [4.69, 9.17) is 23.7 Å². The second-order valence-electron chi connectivity index (χ2n) is 8.35. The van der Waals surface area contributed by atoms with Crippen LogP contribution >= 0.6 is 0 Å². The zero-order valence-corrected chi connectivity index (χ0v) is 20.3. The first-order valence-corrected chi connectivity index (χ1v) is 11.4. The van der Waals surface area contributed by atoms with E-state index in [1.807, 2.05) is 0 Å². The number of esters is 3. The predicted molar refractivity (Wildman–Crippen MR) is 126 cm³/mol. The van der Waals surface area contributed by atoms with Gasteiger partial charge < -0.3 is 28.8 Å². The van der Waals surface area contributed by atoms with Crippen molar-refractivity contribution >= 4 is 17.9 Å². The summed E-state index contributed by atoms with van der Waals surface area (Å²) < 4.78 is 28.2. The molecule has 2 rings (SSSR count). The summed E-state index contributed by atoms with van der Waals surface area (Å²) in [6, 6.07) is 8.21. The molecule has 1 fully saturated rings. The number of allylic oxidation sites excluding steroid dienone is 2. The van der Waals surface area contributed by atoms with E-state index >= 15 is 0 Å². The number of methoxy groups -OCH3 is 1. The highest BCUT2D eigenvalue weighted by Crippen LogP contribution is 2.31. The van der Waals surface area contributed by atoms with E-state index in [1.165, 1.54) is 7.11 Å². The number of rotatable bonds is 12. The van der Waals surface area contributed by atoms with Gasteiger partial charge in [0.25, 0.3) is 0 Å². The summed E-state index contributed by atoms with van der Waals surface area (Å²) in [6.07, 6.45) is -2.32. The Morgan fingerprint density at radius 1 is 0.943 bits per heavy atom. The lowest BCUT2D eigenvalue weighted by atomic mass is 9.97. The number of hydrogen-bond acceptors (Lipinski definition) is 9. The highest BCUT2D eigenvalue weighted by Gasteiger charge is 2.53. The molecule has 9 nitrogen and oxygen atoms in total. The van der Waals surface area contributed by atoms with E-state index < -0.39 is 67.1 Å². The molecule has 1 aliphatic rings. The summed E-state index contributed by atoms with van der Waals surface area (Å²) in [7, 11) is 1.32. The van der Waals surface area contributed by atoms with Crippen molar-refractivity contribution in [2.24, 2.45) is 11.8 Å². The first-order valence-electron chi connectivity index (χ1n) is 11.4. The molecule has 1 aromatic rings. The van der Waals surface area contributed by atoms with Gasteiger partial charge in [-0.2, -0.15) is 0 Å². The third-order valence-electron chi connectivity index (χ3n) is 5.61. The molecule has 1 heterocycles. The molecule has 1 N–H and O–H groups in total. The monoisotopic (exact) mass is 490 g/mol. The van der Waals surface area contributed by atoms with Gasteiger partial charge in [0.05, 0.1) is 24.0 Å². The molecular formula is C26H34O9. The maximum atomic E-state index is 12.9. The molecule has 0 saturated carbocycles. The van der Waals surface area contributed by atoms with Gasteiger partial charge in [-0.1, -0.05) is 44.2 Å². The van der Waals surface area contributed by atoms with Crippen molar-refractivity contribution in [1.82, 2.24) is 0 Å². The molecule has 192 valence electrons. The first-order chi connectivity index (χ1) is 16.8. The molecule has 35 heavy (non-hydrogen) atoms. The Hall–Kier alpha value is -3.01. The Balaban J connectivity index is 2.43. The van der Waals surface area contributed by atoms with Gasteiger partial charge in [0, 0.05) is 7.11 Å². The molecule has 0 aliphatic carbocycles. The van der Waals surface area contributed by atoms with E-state index in [0.717, 1.165) is 0 Å². The summed E-state index contributed by atoms with van der Waals surface area (Å²) in [4.78, 5) is 38.4. The first kappa shape index (κ1) is 28.2. The number of hydrogen-bond donors (Lipinski definition) is 1. The van der Waals surface area contributed by atoms with Crippen molar-refractivity contribution in [3.63, 3.8) is 0 Å². The van der Waals surface area contributed by atoms with Crippen molar-refractivity contribution in [2.45, 2.75) is 57.4 Å². The van der Waals surface area contributed by atoms with E-state index in [1.54, 1.807) is 56.3 Å². The molecule has 9 heteroatoms. The fourth-order valence-corrected chi connectivity index (χ4v) is 3.58. The Bertz CT molecular complexity index is 869. The zero-order chi connectivity index (χ0) is 26.0. The second kappa shape index (κ2) is 13.8. The van der Waals surface area contributed by atoms with Crippen molar-refractivity contribution in [2.75, 3.05) is 13.7 Å². The molecule has 1 aliphatic heterocycles. The van der Waals surface area contributed by atoms with Gasteiger partial charge in [0.15, 0.2) is 24.6 Å². The molecule has 0 amide bonds. The summed E-state index contributed by atoms with van der Waals surface area (Å²) >= 11 is 0. The average Bonchev–Trinajstić information content (AvgIpc) is 2.86. The van der Waals surface area contributed by atoms with E-state index in [2.05, 4.69) is 13.2 Å².